The van der Waals surface area contributed by atoms with Crippen LogP contribution in [0.3, 0.4) is 0 Å². The minimum absolute atomic E-state index is 0.134. The molecule has 0 amide bonds. The number of hydrogen-bond donors (Lipinski definition) is 0. The lowest BCUT2D eigenvalue weighted by atomic mass is 9.78. The zero-order chi connectivity index (χ0) is 21.9. The molecule has 3 heterocycles. The van der Waals surface area contributed by atoms with Gasteiger partial charge in [-0.25, -0.2) is 17.4 Å². The van der Waals surface area contributed by atoms with Gasteiger partial charge in [-0.15, -0.1) is 0 Å². The van der Waals surface area contributed by atoms with Crippen molar-refractivity contribution in [1.29, 1.82) is 5.26 Å². The highest BCUT2D eigenvalue weighted by Crippen LogP contribution is 2.37. The molecule has 0 saturated carbocycles. The third-order valence-electron chi connectivity index (χ3n) is 5.89. The van der Waals surface area contributed by atoms with E-state index in [0.29, 0.717) is 16.4 Å². The summed E-state index contributed by atoms with van der Waals surface area (Å²) in [6.07, 6.45) is 2.88. The van der Waals surface area contributed by atoms with E-state index in [-0.39, 0.29) is 10.5 Å². The zero-order valence-corrected chi connectivity index (χ0v) is 18.3. The van der Waals surface area contributed by atoms with Gasteiger partial charge in [-0.1, -0.05) is 17.7 Å². The van der Waals surface area contributed by atoms with E-state index in [1.807, 2.05) is 34.6 Å². The molecule has 0 bridgehead atoms. The SMILES string of the molecule is Cc1ccc(S(=O)(=O)n2cc(B3OC(C)(C)C(C)(C)O3)c3c(C#N)ccnc32)cc1. The van der Waals surface area contributed by atoms with Crippen molar-refractivity contribution in [3.63, 3.8) is 0 Å². The number of rotatable bonds is 3. The van der Waals surface area contributed by atoms with E-state index in [0.717, 1.165) is 9.54 Å². The minimum atomic E-state index is -3.94. The summed E-state index contributed by atoms with van der Waals surface area (Å²) in [5.74, 6) is 0. The van der Waals surface area contributed by atoms with Crippen LogP contribution in [0.15, 0.2) is 47.6 Å². The van der Waals surface area contributed by atoms with Crippen LogP contribution < -0.4 is 5.46 Å². The normalized spacial score (nSPS) is 17.9. The molecule has 3 aromatic rings. The van der Waals surface area contributed by atoms with Gasteiger partial charge in [0.1, 0.15) is 0 Å². The number of pyridine rings is 1. The number of aromatic nitrogens is 2. The molecule has 1 aliphatic heterocycles. The zero-order valence-electron chi connectivity index (χ0n) is 17.5. The number of fused-ring (bicyclic) bond motifs is 1. The van der Waals surface area contributed by atoms with Crippen molar-refractivity contribution in [3.05, 3.63) is 53.9 Å². The summed E-state index contributed by atoms with van der Waals surface area (Å²) in [4.78, 5) is 4.42. The molecular formula is C21H22BN3O4S. The Kier molecular flexibility index (Phi) is 4.58. The summed E-state index contributed by atoms with van der Waals surface area (Å²) in [6, 6.07) is 10.3. The van der Waals surface area contributed by atoms with Crippen LogP contribution in [-0.4, -0.2) is 35.7 Å². The molecule has 4 rings (SSSR count). The van der Waals surface area contributed by atoms with Gasteiger partial charge in [0.25, 0.3) is 10.0 Å². The fourth-order valence-corrected chi connectivity index (χ4v) is 4.73. The first-order valence-corrected chi connectivity index (χ1v) is 11.0. The summed E-state index contributed by atoms with van der Waals surface area (Å²) in [7, 11) is -4.77. The molecule has 2 aromatic heterocycles. The van der Waals surface area contributed by atoms with Gasteiger partial charge in [-0.3, -0.25) is 0 Å². The Hall–Kier alpha value is -2.67. The van der Waals surface area contributed by atoms with Crippen LogP contribution in [-0.2, 0) is 19.3 Å². The molecule has 9 heteroatoms. The highest BCUT2D eigenvalue weighted by molar-refractivity contribution is 7.90. The molecule has 0 aliphatic carbocycles. The molecule has 30 heavy (non-hydrogen) atoms. The van der Waals surface area contributed by atoms with E-state index >= 15 is 0 Å². The highest BCUT2D eigenvalue weighted by atomic mass is 32.2. The molecule has 0 spiro atoms. The molecule has 154 valence electrons. The van der Waals surface area contributed by atoms with Gasteiger partial charge < -0.3 is 9.31 Å². The van der Waals surface area contributed by atoms with E-state index in [4.69, 9.17) is 9.31 Å². The van der Waals surface area contributed by atoms with Gasteiger partial charge in [0, 0.05) is 23.2 Å². The summed E-state index contributed by atoms with van der Waals surface area (Å²) in [5, 5.41) is 10.1. The van der Waals surface area contributed by atoms with Gasteiger partial charge in [0.2, 0.25) is 0 Å². The van der Waals surface area contributed by atoms with E-state index < -0.39 is 28.3 Å². The van der Waals surface area contributed by atoms with Crippen molar-refractivity contribution in [3.8, 4) is 6.07 Å². The highest BCUT2D eigenvalue weighted by Gasteiger charge is 2.53. The maximum Gasteiger partial charge on any atom is 0.497 e. The third-order valence-corrected chi connectivity index (χ3v) is 7.55. The van der Waals surface area contributed by atoms with Gasteiger partial charge in [0.05, 0.1) is 27.7 Å². The maximum atomic E-state index is 13.4. The quantitative estimate of drug-likeness (QED) is 0.602. The fraction of sp³-hybridized carbons (Fsp3) is 0.333. The Morgan fingerprint density at radius 2 is 1.67 bits per heavy atom. The molecule has 1 aromatic carbocycles. The van der Waals surface area contributed by atoms with Gasteiger partial charge >= 0.3 is 7.12 Å². The summed E-state index contributed by atoms with van der Waals surface area (Å²) in [5.41, 5.74) is 0.661. The Labute approximate surface area is 176 Å². The minimum Gasteiger partial charge on any atom is -0.399 e. The topological polar surface area (TPSA) is 94.2 Å². The predicted molar refractivity (Wildman–Crippen MR) is 114 cm³/mol. The third kappa shape index (κ3) is 3.03. The standard InChI is InChI=1S/C21H22BN3O4S/c1-14-6-8-16(9-7-14)30(26,27)25-13-17(18-15(12-23)10-11-24-19(18)25)22-28-20(2,3)21(4,5)29-22/h6-11,13H,1-5H3. The predicted octanol–water partition coefficient (Wildman–Crippen LogP) is 2.75. The number of nitriles is 1. The van der Waals surface area contributed by atoms with Crippen molar-refractivity contribution in [2.24, 2.45) is 0 Å². The van der Waals surface area contributed by atoms with E-state index in [9.17, 15) is 13.7 Å². The molecule has 1 aliphatic rings. The maximum absolute atomic E-state index is 13.4. The summed E-state index contributed by atoms with van der Waals surface area (Å²) >= 11 is 0. The van der Waals surface area contributed by atoms with Crippen molar-refractivity contribution < 1.29 is 17.7 Å². The van der Waals surface area contributed by atoms with Gasteiger partial charge in [0.15, 0.2) is 5.65 Å². The van der Waals surface area contributed by atoms with Crippen LogP contribution in [0.5, 0.6) is 0 Å². The van der Waals surface area contributed by atoms with Crippen LogP contribution in [0.2, 0.25) is 0 Å². The Bertz CT molecular complexity index is 1270. The molecule has 1 saturated heterocycles. The van der Waals surface area contributed by atoms with Crippen LogP contribution in [0, 0.1) is 18.3 Å². The van der Waals surface area contributed by atoms with Crippen LogP contribution in [0.1, 0.15) is 38.8 Å². The Balaban J connectivity index is 1.96. The molecule has 7 nitrogen and oxygen atoms in total. The van der Waals surface area contributed by atoms with Gasteiger partial charge in [-0.05, 0) is 52.8 Å². The molecule has 1 fully saturated rings. The van der Waals surface area contributed by atoms with E-state index in [2.05, 4.69) is 11.1 Å². The van der Waals surface area contributed by atoms with Gasteiger partial charge in [-0.2, -0.15) is 5.26 Å². The second kappa shape index (κ2) is 6.67. The second-order valence-corrected chi connectivity index (χ2v) is 10.3. The lowest BCUT2D eigenvalue weighted by Gasteiger charge is -2.32. The average Bonchev–Trinajstić information content (AvgIpc) is 3.17. The molecule has 0 unspecified atom stereocenters. The van der Waals surface area contributed by atoms with E-state index in [1.165, 1.54) is 12.4 Å². The van der Waals surface area contributed by atoms with Crippen molar-refractivity contribution in [2.75, 3.05) is 0 Å². The Morgan fingerprint density at radius 3 is 2.23 bits per heavy atom. The summed E-state index contributed by atoms with van der Waals surface area (Å²) in [6.45, 7) is 9.55. The molecule has 0 N–H and O–H groups in total. The Morgan fingerprint density at radius 1 is 1.07 bits per heavy atom. The van der Waals surface area contributed by atoms with Crippen molar-refractivity contribution >= 4 is 33.6 Å². The molecule has 0 atom stereocenters. The van der Waals surface area contributed by atoms with Crippen LogP contribution in [0.25, 0.3) is 11.0 Å². The van der Waals surface area contributed by atoms with Crippen LogP contribution >= 0.6 is 0 Å². The fourth-order valence-electron chi connectivity index (χ4n) is 3.40. The molecular weight excluding hydrogens is 401 g/mol. The lowest BCUT2D eigenvalue weighted by Crippen LogP contribution is -2.41. The number of hydrogen-bond acceptors (Lipinski definition) is 6. The van der Waals surface area contributed by atoms with Crippen molar-refractivity contribution in [2.45, 2.75) is 50.7 Å². The first-order chi connectivity index (χ1) is 14.0. The largest absolute Gasteiger partial charge is 0.497 e. The van der Waals surface area contributed by atoms with E-state index in [1.54, 1.807) is 30.3 Å². The number of benzene rings is 1. The first-order valence-electron chi connectivity index (χ1n) is 9.56. The number of aryl methyl sites for hydroxylation is 1. The monoisotopic (exact) mass is 423 g/mol. The molecule has 0 radical (unpaired) electrons. The van der Waals surface area contributed by atoms with Crippen molar-refractivity contribution in [1.82, 2.24) is 8.96 Å². The van der Waals surface area contributed by atoms with Crippen LogP contribution in [0.4, 0.5) is 0 Å². The lowest BCUT2D eigenvalue weighted by molar-refractivity contribution is 0.00578. The second-order valence-electron chi connectivity index (χ2n) is 8.46. The average molecular weight is 423 g/mol. The first kappa shape index (κ1) is 20.6. The summed E-state index contributed by atoms with van der Waals surface area (Å²) < 4.78 is 40.2. The smallest absolute Gasteiger partial charge is 0.399 e. The number of nitrogens with zero attached hydrogens (tertiary/aromatic N) is 3.